The highest BCUT2D eigenvalue weighted by atomic mass is 32.1. The van der Waals surface area contributed by atoms with Gasteiger partial charge in [-0.2, -0.15) is 13.2 Å². The summed E-state index contributed by atoms with van der Waals surface area (Å²) in [6, 6.07) is 2.28. The maximum atomic E-state index is 13.2. The highest BCUT2D eigenvalue weighted by Gasteiger charge is 2.31. The summed E-state index contributed by atoms with van der Waals surface area (Å²) in [5, 5.41) is 1.83. The lowest BCUT2D eigenvalue weighted by atomic mass is 10.1. The molecule has 0 spiro atoms. The number of hydrogen-bond acceptors (Lipinski definition) is 4. The largest absolute Gasteiger partial charge is 0.416 e. The van der Waals surface area contributed by atoms with E-state index in [-0.39, 0.29) is 11.3 Å². The second-order valence-electron chi connectivity index (χ2n) is 3.41. The van der Waals surface area contributed by atoms with Crippen molar-refractivity contribution in [2.75, 3.05) is 5.43 Å². The summed E-state index contributed by atoms with van der Waals surface area (Å²) in [5.41, 5.74) is 1.51. The van der Waals surface area contributed by atoms with Gasteiger partial charge in [-0.1, -0.05) is 0 Å². The molecule has 0 atom stereocenters. The Kier molecular flexibility index (Phi) is 3.22. The first-order valence-electron chi connectivity index (χ1n) is 4.70. The second kappa shape index (κ2) is 4.54. The molecule has 18 heavy (non-hydrogen) atoms. The Bertz CT molecular complexity index is 564. The molecule has 2 rings (SSSR count). The summed E-state index contributed by atoms with van der Waals surface area (Å²) in [6.45, 7) is 0. The van der Waals surface area contributed by atoms with Crippen molar-refractivity contribution >= 4 is 16.5 Å². The van der Waals surface area contributed by atoms with E-state index < -0.39 is 17.6 Å². The van der Waals surface area contributed by atoms with Gasteiger partial charge in [-0.25, -0.2) is 15.2 Å². The van der Waals surface area contributed by atoms with Crippen molar-refractivity contribution in [1.82, 2.24) is 4.98 Å². The Balaban J connectivity index is 2.48. The minimum absolute atomic E-state index is 0.0556. The zero-order valence-corrected chi connectivity index (χ0v) is 9.57. The summed E-state index contributed by atoms with van der Waals surface area (Å²) in [7, 11) is 0. The molecule has 0 unspecified atom stereocenters. The fourth-order valence-corrected chi connectivity index (χ4v) is 2.00. The number of aromatic nitrogens is 1. The molecule has 3 N–H and O–H groups in total. The van der Waals surface area contributed by atoms with Crippen molar-refractivity contribution in [2.24, 2.45) is 5.84 Å². The Morgan fingerprint density at radius 3 is 2.50 bits per heavy atom. The van der Waals surface area contributed by atoms with Crippen LogP contribution < -0.4 is 11.3 Å². The quantitative estimate of drug-likeness (QED) is 0.503. The molecule has 0 radical (unpaired) electrons. The Labute approximate surface area is 103 Å². The topological polar surface area (TPSA) is 50.9 Å². The minimum atomic E-state index is -4.60. The predicted molar refractivity (Wildman–Crippen MR) is 60.3 cm³/mol. The lowest BCUT2D eigenvalue weighted by Gasteiger charge is -2.08. The normalized spacial score (nSPS) is 11.6. The molecule has 1 heterocycles. The monoisotopic (exact) mass is 277 g/mol. The molecule has 0 aliphatic carbocycles. The molecule has 3 nitrogen and oxygen atoms in total. The van der Waals surface area contributed by atoms with E-state index >= 15 is 0 Å². The SMILES string of the molecule is NNc1nc(-c2cc(F)cc(C(F)(F)F)c2)cs1. The summed E-state index contributed by atoms with van der Waals surface area (Å²) in [5.74, 6) is 4.15. The maximum absolute atomic E-state index is 13.2. The third-order valence-electron chi connectivity index (χ3n) is 2.15. The number of nitrogens with zero attached hydrogens (tertiary/aromatic N) is 1. The van der Waals surface area contributed by atoms with Gasteiger partial charge in [0.15, 0.2) is 5.13 Å². The first kappa shape index (κ1) is 12.8. The zero-order valence-electron chi connectivity index (χ0n) is 8.75. The van der Waals surface area contributed by atoms with E-state index in [0.29, 0.717) is 11.2 Å². The van der Waals surface area contributed by atoms with E-state index in [2.05, 4.69) is 10.4 Å². The number of hydrazine groups is 1. The van der Waals surface area contributed by atoms with Gasteiger partial charge in [0.05, 0.1) is 11.3 Å². The van der Waals surface area contributed by atoms with Gasteiger partial charge in [0.2, 0.25) is 0 Å². The lowest BCUT2D eigenvalue weighted by Crippen LogP contribution is -2.06. The van der Waals surface area contributed by atoms with Crippen LogP contribution in [0, 0.1) is 5.82 Å². The molecule has 0 bridgehead atoms. The van der Waals surface area contributed by atoms with Crippen LogP contribution in [0.1, 0.15) is 5.56 Å². The molecular weight excluding hydrogens is 270 g/mol. The standard InChI is InChI=1S/C10H7F4N3S/c11-7-2-5(1-6(3-7)10(12,13)14)8-4-18-9(16-8)17-15/h1-4H,15H2,(H,16,17). The lowest BCUT2D eigenvalue weighted by molar-refractivity contribution is -0.137. The van der Waals surface area contributed by atoms with Gasteiger partial charge < -0.3 is 0 Å². The number of benzene rings is 1. The van der Waals surface area contributed by atoms with Gasteiger partial charge in [-0.3, -0.25) is 5.43 Å². The van der Waals surface area contributed by atoms with E-state index in [1.807, 2.05) is 0 Å². The third kappa shape index (κ3) is 2.59. The number of halogens is 4. The van der Waals surface area contributed by atoms with Crippen LogP contribution in [0.4, 0.5) is 22.7 Å². The van der Waals surface area contributed by atoms with E-state index in [4.69, 9.17) is 5.84 Å². The molecule has 0 fully saturated rings. The average Bonchev–Trinajstić information content (AvgIpc) is 2.75. The van der Waals surface area contributed by atoms with Gasteiger partial charge in [-0.05, 0) is 18.2 Å². The molecule has 8 heteroatoms. The smallest absolute Gasteiger partial charge is 0.300 e. The van der Waals surface area contributed by atoms with Gasteiger partial charge >= 0.3 is 6.18 Å². The van der Waals surface area contributed by atoms with E-state index in [1.165, 1.54) is 5.38 Å². The van der Waals surface area contributed by atoms with Crippen LogP contribution in [0.15, 0.2) is 23.6 Å². The molecule has 1 aromatic carbocycles. The predicted octanol–water partition coefficient (Wildman–Crippen LogP) is 3.25. The van der Waals surface area contributed by atoms with Crippen molar-refractivity contribution in [3.8, 4) is 11.3 Å². The van der Waals surface area contributed by atoms with Crippen molar-refractivity contribution in [2.45, 2.75) is 6.18 Å². The molecule has 1 aromatic heterocycles. The van der Waals surface area contributed by atoms with Crippen LogP contribution in [-0.4, -0.2) is 4.98 Å². The molecule has 0 aliphatic heterocycles. The first-order chi connectivity index (χ1) is 8.40. The van der Waals surface area contributed by atoms with Crippen LogP contribution in [-0.2, 0) is 6.18 Å². The van der Waals surface area contributed by atoms with E-state index in [0.717, 1.165) is 23.5 Å². The molecule has 0 saturated heterocycles. The van der Waals surface area contributed by atoms with Gasteiger partial charge in [0, 0.05) is 10.9 Å². The highest BCUT2D eigenvalue weighted by Crippen LogP contribution is 2.33. The number of hydrogen-bond donors (Lipinski definition) is 2. The molecule has 0 aliphatic rings. The maximum Gasteiger partial charge on any atom is 0.416 e. The second-order valence-corrected chi connectivity index (χ2v) is 4.27. The average molecular weight is 277 g/mol. The molecule has 2 aromatic rings. The van der Waals surface area contributed by atoms with Crippen molar-refractivity contribution in [3.05, 3.63) is 35.0 Å². The van der Waals surface area contributed by atoms with Gasteiger partial charge in [-0.15, -0.1) is 11.3 Å². The third-order valence-corrected chi connectivity index (χ3v) is 2.92. The number of alkyl halides is 3. The first-order valence-corrected chi connectivity index (χ1v) is 5.58. The number of thiazole rings is 1. The van der Waals surface area contributed by atoms with Crippen LogP contribution >= 0.6 is 11.3 Å². The number of nitrogen functional groups attached to an aromatic ring is 1. The van der Waals surface area contributed by atoms with Gasteiger partial charge in [0.25, 0.3) is 0 Å². The van der Waals surface area contributed by atoms with Crippen molar-refractivity contribution in [1.29, 1.82) is 0 Å². The van der Waals surface area contributed by atoms with Crippen molar-refractivity contribution < 1.29 is 17.6 Å². The molecule has 0 saturated carbocycles. The summed E-state index contributed by atoms with van der Waals surface area (Å²) >= 11 is 1.11. The van der Waals surface area contributed by atoms with Crippen LogP contribution in [0.5, 0.6) is 0 Å². The van der Waals surface area contributed by atoms with Gasteiger partial charge in [0.1, 0.15) is 5.82 Å². The summed E-state index contributed by atoms with van der Waals surface area (Å²) < 4.78 is 50.7. The van der Waals surface area contributed by atoms with Crippen LogP contribution in [0.25, 0.3) is 11.3 Å². The minimum Gasteiger partial charge on any atom is -0.300 e. The van der Waals surface area contributed by atoms with E-state index in [1.54, 1.807) is 0 Å². The van der Waals surface area contributed by atoms with Crippen LogP contribution in [0.3, 0.4) is 0 Å². The Morgan fingerprint density at radius 1 is 1.22 bits per heavy atom. The number of nitrogens with two attached hydrogens (primary N) is 1. The van der Waals surface area contributed by atoms with Crippen molar-refractivity contribution in [3.63, 3.8) is 0 Å². The molecule has 96 valence electrons. The van der Waals surface area contributed by atoms with Crippen LogP contribution in [0.2, 0.25) is 0 Å². The summed E-state index contributed by atoms with van der Waals surface area (Å²) in [4.78, 5) is 3.91. The fraction of sp³-hybridized carbons (Fsp3) is 0.100. The Hall–Kier alpha value is -1.67. The molecular formula is C10H7F4N3S. The number of rotatable bonds is 2. The fourth-order valence-electron chi connectivity index (χ4n) is 1.37. The summed E-state index contributed by atoms with van der Waals surface area (Å²) in [6.07, 6.45) is -4.60. The highest BCUT2D eigenvalue weighted by molar-refractivity contribution is 7.14. The molecule has 0 amide bonds. The number of nitrogens with one attached hydrogen (secondary N) is 1. The van der Waals surface area contributed by atoms with E-state index in [9.17, 15) is 17.6 Å². The Morgan fingerprint density at radius 2 is 1.94 bits per heavy atom. The number of anilines is 1. The zero-order chi connectivity index (χ0) is 13.3.